The minimum Gasteiger partial charge on any atom is -0.478 e. The number of carboxylic acid groups (broad SMARTS) is 1. The van der Waals surface area contributed by atoms with Crippen molar-refractivity contribution in [2.75, 3.05) is 16.8 Å². The van der Waals surface area contributed by atoms with Gasteiger partial charge in [-0.1, -0.05) is 56.2 Å². The van der Waals surface area contributed by atoms with Crippen molar-refractivity contribution >= 4 is 29.3 Å². The number of thioether (sulfide) groups is 1. The number of carbonyl (C=O) groups is 2. The molecule has 0 radical (unpaired) electrons. The third-order valence-corrected chi connectivity index (χ3v) is 5.94. The Morgan fingerprint density at radius 1 is 1.07 bits per heavy atom. The molecule has 0 bridgehead atoms. The second-order valence-corrected chi connectivity index (χ2v) is 8.09. The number of carbonyl (C=O) groups excluding carboxylic acids is 1. The van der Waals surface area contributed by atoms with Gasteiger partial charge in [0.1, 0.15) is 0 Å². The number of unbranched alkanes of at least 4 members (excludes halogenated alkanes) is 2. The Balaban J connectivity index is 2.09. The third kappa shape index (κ3) is 6.71. The zero-order chi connectivity index (χ0) is 20.4. The Kier molecular flexibility index (Phi) is 9.08. The predicted octanol–water partition coefficient (Wildman–Crippen LogP) is 5.41. The van der Waals surface area contributed by atoms with E-state index in [1.807, 2.05) is 42.1 Å². The summed E-state index contributed by atoms with van der Waals surface area (Å²) in [5.74, 6) is 0.600. The first kappa shape index (κ1) is 22.0. The molecule has 1 unspecified atom stereocenters. The highest BCUT2D eigenvalue weighted by atomic mass is 32.2. The van der Waals surface area contributed by atoms with Gasteiger partial charge in [-0.05, 0) is 48.8 Å². The van der Waals surface area contributed by atoms with Gasteiger partial charge in [-0.15, -0.1) is 0 Å². The Morgan fingerprint density at radius 2 is 1.82 bits per heavy atom. The molecule has 2 rings (SSSR count). The molecule has 28 heavy (non-hydrogen) atoms. The van der Waals surface area contributed by atoms with Crippen molar-refractivity contribution < 1.29 is 14.7 Å². The molecule has 0 heterocycles. The third-order valence-electron chi connectivity index (χ3n) is 4.73. The highest BCUT2D eigenvalue weighted by Gasteiger charge is 2.21. The lowest BCUT2D eigenvalue weighted by molar-refractivity contribution is -0.119. The summed E-state index contributed by atoms with van der Waals surface area (Å²) in [5, 5.41) is 12.3. The molecule has 0 aromatic heterocycles. The largest absolute Gasteiger partial charge is 0.478 e. The molecule has 0 aliphatic heterocycles. The van der Waals surface area contributed by atoms with Gasteiger partial charge in [0.15, 0.2) is 0 Å². The average Bonchev–Trinajstić information content (AvgIpc) is 2.69. The smallest absolute Gasteiger partial charge is 0.336 e. The first-order valence-electron chi connectivity index (χ1n) is 9.78. The molecule has 2 aromatic carbocycles. The summed E-state index contributed by atoms with van der Waals surface area (Å²) in [6.07, 6.45) is 4.24. The molecule has 4 nitrogen and oxygen atoms in total. The fourth-order valence-electron chi connectivity index (χ4n) is 3.04. The van der Waals surface area contributed by atoms with E-state index in [-0.39, 0.29) is 17.4 Å². The van der Waals surface area contributed by atoms with Crippen molar-refractivity contribution in [1.82, 2.24) is 0 Å². The lowest BCUT2D eigenvalue weighted by atomic mass is 9.99. The lowest BCUT2D eigenvalue weighted by Gasteiger charge is -2.18. The van der Waals surface area contributed by atoms with Gasteiger partial charge in [-0.25, -0.2) is 4.79 Å². The van der Waals surface area contributed by atoms with E-state index < -0.39 is 5.97 Å². The van der Waals surface area contributed by atoms with Gasteiger partial charge >= 0.3 is 5.97 Å². The number of hydrogen-bond donors (Lipinski definition) is 2. The minimum absolute atomic E-state index is 0.0579. The maximum atomic E-state index is 13.0. The Hall–Kier alpha value is -2.27. The van der Waals surface area contributed by atoms with Crippen LogP contribution in [0.2, 0.25) is 0 Å². The van der Waals surface area contributed by atoms with E-state index in [1.54, 1.807) is 25.1 Å². The number of aromatic carboxylic acids is 1. The average molecular weight is 400 g/mol. The van der Waals surface area contributed by atoms with E-state index in [4.69, 9.17) is 0 Å². The molecule has 5 heteroatoms. The van der Waals surface area contributed by atoms with Gasteiger partial charge < -0.3 is 10.4 Å². The van der Waals surface area contributed by atoms with Crippen molar-refractivity contribution in [3.8, 4) is 0 Å². The summed E-state index contributed by atoms with van der Waals surface area (Å²) in [6, 6.07) is 15.0. The summed E-state index contributed by atoms with van der Waals surface area (Å²) in [4.78, 5) is 24.3. The number of benzene rings is 2. The molecule has 0 aliphatic carbocycles. The van der Waals surface area contributed by atoms with E-state index in [2.05, 4.69) is 12.2 Å². The molecular weight excluding hydrogens is 370 g/mol. The molecule has 150 valence electrons. The molecular formula is C23H29NO3S. The molecule has 0 spiro atoms. The molecule has 1 atom stereocenters. The zero-order valence-electron chi connectivity index (χ0n) is 16.6. The quantitative estimate of drug-likeness (QED) is 0.496. The molecule has 0 saturated carbocycles. The number of nitrogens with one attached hydrogen (secondary N) is 1. The summed E-state index contributed by atoms with van der Waals surface area (Å²) in [6.45, 7) is 3.91. The van der Waals surface area contributed by atoms with Crippen LogP contribution >= 0.6 is 11.8 Å². The van der Waals surface area contributed by atoms with Crippen LogP contribution in [-0.2, 0) is 11.2 Å². The molecule has 0 fully saturated rings. The SMILES string of the molecule is CCCCCSCC(Cc1ccccc1)C(=O)Nc1cccc(C(=O)O)c1C. The monoisotopic (exact) mass is 399 g/mol. The number of anilines is 1. The van der Waals surface area contributed by atoms with Crippen LogP contribution in [0, 0.1) is 12.8 Å². The van der Waals surface area contributed by atoms with Crippen molar-refractivity contribution in [2.24, 2.45) is 5.92 Å². The summed E-state index contributed by atoms with van der Waals surface area (Å²) >= 11 is 1.82. The highest BCUT2D eigenvalue weighted by Crippen LogP contribution is 2.22. The van der Waals surface area contributed by atoms with Crippen LogP contribution in [0.1, 0.15) is 47.7 Å². The van der Waals surface area contributed by atoms with Gasteiger partial charge in [0.25, 0.3) is 0 Å². The molecule has 0 saturated heterocycles. The second-order valence-electron chi connectivity index (χ2n) is 6.94. The zero-order valence-corrected chi connectivity index (χ0v) is 17.4. The van der Waals surface area contributed by atoms with Crippen LogP contribution in [0.5, 0.6) is 0 Å². The summed E-state index contributed by atoms with van der Waals surface area (Å²) in [5.41, 5.74) is 2.50. The fraction of sp³-hybridized carbons (Fsp3) is 0.391. The number of carboxylic acids is 1. The van der Waals surface area contributed by atoms with Crippen molar-refractivity contribution in [3.63, 3.8) is 0 Å². The van der Waals surface area contributed by atoms with Crippen LogP contribution < -0.4 is 5.32 Å². The Morgan fingerprint density at radius 3 is 2.50 bits per heavy atom. The van der Waals surface area contributed by atoms with Gasteiger partial charge in [-0.2, -0.15) is 11.8 Å². The molecule has 1 amide bonds. The van der Waals surface area contributed by atoms with Gasteiger partial charge in [0.2, 0.25) is 5.91 Å². The van der Waals surface area contributed by atoms with E-state index in [1.165, 1.54) is 19.3 Å². The minimum atomic E-state index is -0.985. The molecule has 2 N–H and O–H groups in total. The summed E-state index contributed by atoms with van der Waals surface area (Å²) < 4.78 is 0. The van der Waals surface area contributed by atoms with Crippen LogP contribution in [0.15, 0.2) is 48.5 Å². The number of amides is 1. The fourth-order valence-corrected chi connectivity index (χ4v) is 4.17. The van der Waals surface area contributed by atoms with Crippen LogP contribution in [0.4, 0.5) is 5.69 Å². The van der Waals surface area contributed by atoms with Gasteiger partial charge in [0.05, 0.1) is 11.5 Å². The van der Waals surface area contributed by atoms with E-state index in [9.17, 15) is 14.7 Å². The van der Waals surface area contributed by atoms with E-state index >= 15 is 0 Å². The predicted molar refractivity (Wildman–Crippen MR) is 117 cm³/mol. The Labute approximate surface area is 171 Å². The second kappa shape index (κ2) is 11.5. The topological polar surface area (TPSA) is 66.4 Å². The normalized spacial score (nSPS) is 11.8. The van der Waals surface area contributed by atoms with Crippen molar-refractivity contribution in [3.05, 3.63) is 65.2 Å². The Bertz CT molecular complexity index is 777. The number of hydrogen-bond acceptors (Lipinski definition) is 3. The van der Waals surface area contributed by atoms with Crippen LogP contribution in [0.3, 0.4) is 0 Å². The first-order chi connectivity index (χ1) is 13.5. The van der Waals surface area contributed by atoms with Crippen molar-refractivity contribution in [1.29, 1.82) is 0 Å². The summed E-state index contributed by atoms with van der Waals surface area (Å²) in [7, 11) is 0. The van der Waals surface area contributed by atoms with Crippen molar-refractivity contribution in [2.45, 2.75) is 39.5 Å². The highest BCUT2D eigenvalue weighted by molar-refractivity contribution is 7.99. The molecule has 0 aliphatic rings. The molecule has 2 aromatic rings. The first-order valence-corrected chi connectivity index (χ1v) is 10.9. The van der Waals surface area contributed by atoms with Crippen LogP contribution in [-0.4, -0.2) is 28.5 Å². The van der Waals surface area contributed by atoms with E-state index in [0.717, 1.165) is 17.1 Å². The lowest BCUT2D eigenvalue weighted by Crippen LogP contribution is -2.27. The van der Waals surface area contributed by atoms with E-state index in [0.29, 0.717) is 17.7 Å². The maximum Gasteiger partial charge on any atom is 0.336 e. The van der Waals surface area contributed by atoms with Gasteiger partial charge in [-0.3, -0.25) is 4.79 Å². The van der Waals surface area contributed by atoms with Crippen LogP contribution in [0.25, 0.3) is 0 Å². The maximum absolute atomic E-state index is 13.0. The standard InChI is InChI=1S/C23H29NO3S/c1-3-4-8-14-28-16-19(15-18-10-6-5-7-11-18)22(25)24-21-13-9-12-20(17(21)2)23(26)27/h5-7,9-13,19H,3-4,8,14-16H2,1-2H3,(H,24,25)(H,26,27). The number of rotatable bonds is 11. The van der Waals surface area contributed by atoms with Gasteiger partial charge in [0, 0.05) is 11.4 Å².